The molecular weight excluding hydrogens is 404 g/mol. The molecule has 0 amide bonds. The smallest absolute Gasteiger partial charge is 0.335 e. The van der Waals surface area contributed by atoms with Gasteiger partial charge in [-0.3, -0.25) is 0 Å². The first kappa shape index (κ1) is 19.2. The van der Waals surface area contributed by atoms with Gasteiger partial charge < -0.3 is 9.84 Å². The minimum atomic E-state index is -0.936. The highest BCUT2D eigenvalue weighted by Gasteiger charge is 2.15. The molecule has 0 bridgehead atoms. The van der Waals surface area contributed by atoms with E-state index in [4.69, 9.17) is 21.4 Å². The van der Waals surface area contributed by atoms with E-state index in [0.29, 0.717) is 11.6 Å². The first-order valence-electron chi connectivity index (χ1n) is 8.99. The fourth-order valence-electron chi connectivity index (χ4n) is 3.08. The second kappa shape index (κ2) is 8.52. The van der Waals surface area contributed by atoms with Crippen molar-refractivity contribution in [2.75, 3.05) is 0 Å². The molecule has 0 aliphatic carbocycles. The molecule has 0 aliphatic heterocycles. The third-order valence-electron chi connectivity index (χ3n) is 4.53. The van der Waals surface area contributed by atoms with Crippen LogP contribution in [0.3, 0.4) is 0 Å². The van der Waals surface area contributed by atoms with Crippen LogP contribution < -0.4 is 4.74 Å². The summed E-state index contributed by atoms with van der Waals surface area (Å²) in [5.74, 6) is -0.186. The third-order valence-corrected chi connectivity index (χ3v) is 5.73. The van der Waals surface area contributed by atoms with E-state index in [9.17, 15) is 4.79 Å². The lowest BCUT2D eigenvalue weighted by molar-refractivity contribution is 0.0697. The van der Waals surface area contributed by atoms with Gasteiger partial charge in [-0.15, -0.1) is 11.3 Å². The third kappa shape index (κ3) is 4.34. The molecular formula is C24H17ClO3S. The molecule has 0 aliphatic rings. The lowest BCUT2D eigenvalue weighted by atomic mass is 10.0. The van der Waals surface area contributed by atoms with Crippen LogP contribution in [0.2, 0.25) is 5.02 Å². The summed E-state index contributed by atoms with van der Waals surface area (Å²) < 4.78 is 6.11. The molecule has 3 aromatic carbocycles. The van der Waals surface area contributed by atoms with Gasteiger partial charge in [-0.05, 0) is 52.9 Å². The highest BCUT2D eigenvalue weighted by atomic mass is 35.5. The zero-order valence-electron chi connectivity index (χ0n) is 15.3. The van der Waals surface area contributed by atoms with Crippen LogP contribution in [-0.4, -0.2) is 11.1 Å². The van der Waals surface area contributed by atoms with Gasteiger partial charge in [-0.1, -0.05) is 54.1 Å². The largest absolute Gasteiger partial charge is 0.488 e. The Bertz CT molecular complexity index is 1130. The van der Waals surface area contributed by atoms with Crippen molar-refractivity contribution in [3.05, 3.63) is 100 Å². The molecule has 0 saturated heterocycles. The standard InChI is InChI=1S/C24H17ClO3S/c25-19-10-11-22(28-15-16-4-2-1-3-5-16)21(14-19)20-12-13-29-23(20)17-6-8-18(9-7-17)24(26)27/h1-14H,15H2,(H,26,27). The van der Waals surface area contributed by atoms with Crippen LogP contribution in [-0.2, 0) is 6.61 Å². The van der Waals surface area contributed by atoms with Gasteiger partial charge in [-0.2, -0.15) is 0 Å². The molecule has 144 valence electrons. The maximum Gasteiger partial charge on any atom is 0.335 e. The molecule has 0 fully saturated rings. The topological polar surface area (TPSA) is 46.5 Å². The molecule has 0 unspecified atom stereocenters. The number of rotatable bonds is 6. The van der Waals surface area contributed by atoms with E-state index in [-0.39, 0.29) is 5.56 Å². The number of halogens is 1. The van der Waals surface area contributed by atoms with Gasteiger partial charge in [0, 0.05) is 21.0 Å². The highest BCUT2D eigenvalue weighted by molar-refractivity contribution is 7.14. The Morgan fingerprint density at radius 3 is 2.41 bits per heavy atom. The number of thiophene rings is 1. The van der Waals surface area contributed by atoms with E-state index in [1.165, 1.54) is 0 Å². The molecule has 4 aromatic rings. The van der Waals surface area contributed by atoms with E-state index < -0.39 is 5.97 Å². The minimum absolute atomic E-state index is 0.265. The summed E-state index contributed by atoms with van der Waals surface area (Å²) >= 11 is 7.88. The van der Waals surface area contributed by atoms with Crippen LogP contribution in [0.15, 0.2) is 84.2 Å². The van der Waals surface area contributed by atoms with E-state index in [1.54, 1.807) is 23.5 Å². The molecule has 1 N–H and O–H groups in total. The van der Waals surface area contributed by atoms with Gasteiger partial charge in [0.1, 0.15) is 12.4 Å². The number of hydrogen-bond acceptors (Lipinski definition) is 3. The molecule has 0 atom stereocenters. The number of carboxylic acids is 1. The van der Waals surface area contributed by atoms with Crippen molar-refractivity contribution in [2.45, 2.75) is 6.61 Å². The number of carboxylic acid groups (broad SMARTS) is 1. The Kier molecular flexibility index (Phi) is 5.65. The second-order valence-electron chi connectivity index (χ2n) is 6.46. The van der Waals surface area contributed by atoms with Gasteiger partial charge >= 0.3 is 5.97 Å². The molecule has 0 spiro atoms. The lowest BCUT2D eigenvalue weighted by Gasteiger charge is -2.13. The first-order chi connectivity index (χ1) is 14.1. The summed E-state index contributed by atoms with van der Waals surface area (Å²) in [5, 5.41) is 11.8. The van der Waals surface area contributed by atoms with Crippen LogP contribution in [0.5, 0.6) is 5.75 Å². The van der Waals surface area contributed by atoms with Gasteiger partial charge in [0.25, 0.3) is 0 Å². The van der Waals surface area contributed by atoms with Crippen LogP contribution in [0.4, 0.5) is 0 Å². The molecule has 4 rings (SSSR count). The predicted molar refractivity (Wildman–Crippen MR) is 118 cm³/mol. The Morgan fingerprint density at radius 2 is 1.69 bits per heavy atom. The quantitative estimate of drug-likeness (QED) is 0.364. The van der Waals surface area contributed by atoms with E-state index in [0.717, 1.165) is 32.9 Å². The lowest BCUT2D eigenvalue weighted by Crippen LogP contribution is -1.97. The van der Waals surface area contributed by atoms with Crippen molar-refractivity contribution >= 4 is 28.9 Å². The van der Waals surface area contributed by atoms with Crippen molar-refractivity contribution in [3.8, 4) is 27.3 Å². The van der Waals surface area contributed by atoms with Crippen molar-refractivity contribution in [1.82, 2.24) is 0 Å². The fraction of sp³-hybridized carbons (Fsp3) is 0.0417. The number of carbonyl (C=O) groups is 1. The molecule has 5 heteroatoms. The SMILES string of the molecule is O=C(O)c1ccc(-c2sccc2-c2cc(Cl)ccc2OCc2ccccc2)cc1. The maximum absolute atomic E-state index is 11.1. The first-order valence-corrected chi connectivity index (χ1v) is 10.3. The molecule has 29 heavy (non-hydrogen) atoms. The number of ether oxygens (including phenoxy) is 1. The number of benzene rings is 3. The average molecular weight is 421 g/mol. The van der Waals surface area contributed by atoms with Gasteiger partial charge in [0.15, 0.2) is 0 Å². The number of aromatic carboxylic acids is 1. The van der Waals surface area contributed by atoms with Crippen LogP contribution in [0.25, 0.3) is 21.6 Å². The van der Waals surface area contributed by atoms with E-state index >= 15 is 0 Å². The van der Waals surface area contributed by atoms with Crippen LogP contribution in [0, 0.1) is 0 Å². The zero-order chi connectivity index (χ0) is 20.2. The van der Waals surface area contributed by atoms with Crippen molar-refractivity contribution < 1.29 is 14.6 Å². The van der Waals surface area contributed by atoms with E-state index in [1.807, 2.05) is 72.1 Å². The Hall–Kier alpha value is -3.08. The highest BCUT2D eigenvalue weighted by Crippen LogP contribution is 2.42. The normalized spacial score (nSPS) is 10.7. The zero-order valence-corrected chi connectivity index (χ0v) is 16.9. The predicted octanol–water partition coefficient (Wildman–Crippen LogP) is 7.01. The second-order valence-corrected chi connectivity index (χ2v) is 7.81. The minimum Gasteiger partial charge on any atom is -0.488 e. The summed E-state index contributed by atoms with van der Waals surface area (Å²) in [6, 6.07) is 24.5. The Labute approximate surface area is 177 Å². The Balaban J connectivity index is 1.69. The van der Waals surface area contributed by atoms with Crippen molar-refractivity contribution in [1.29, 1.82) is 0 Å². The monoisotopic (exact) mass is 420 g/mol. The Morgan fingerprint density at radius 1 is 0.931 bits per heavy atom. The molecule has 1 aromatic heterocycles. The summed E-state index contributed by atoms with van der Waals surface area (Å²) in [4.78, 5) is 12.2. The number of hydrogen-bond donors (Lipinski definition) is 1. The van der Waals surface area contributed by atoms with Crippen LogP contribution >= 0.6 is 22.9 Å². The molecule has 0 saturated carbocycles. The summed E-state index contributed by atoms with van der Waals surface area (Å²) in [7, 11) is 0. The summed E-state index contributed by atoms with van der Waals surface area (Å²) in [6.45, 7) is 0.461. The maximum atomic E-state index is 11.1. The molecule has 3 nitrogen and oxygen atoms in total. The van der Waals surface area contributed by atoms with Gasteiger partial charge in [0.05, 0.1) is 5.56 Å². The molecule has 0 radical (unpaired) electrons. The van der Waals surface area contributed by atoms with E-state index in [2.05, 4.69) is 0 Å². The van der Waals surface area contributed by atoms with Gasteiger partial charge in [0.2, 0.25) is 0 Å². The van der Waals surface area contributed by atoms with Crippen LogP contribution in [0.1, 0.15) is 15.9 Å². The average Bonchev–Trinajstić information content (AvgIpc) is 3.23. The van der Waals surface area contributed by atoms with Crippen molar-refractivity contribution in [3.63, 3.8) is 0 Å². The summed E-state index contributed by atoms with van der Waals surface area (Å²) in [6.07, 6.45) is 0. The van der Waals surface area contributed by atoms with Gasteiger partial charge in [-0.25, -0.2) is 4.79 Å². The molecule has 1 heterocycles. The van der Waals surface area contributed by atoms with Crippen molar-refractivity contribution in [2.24, 2.45) is 0 Å². The summed E-state index contributed by atoms with van der Waals surface area (Å²) in [5.41, 5.74) is 4.22. The fourth-order valence-corrected chi connectivity index (χ4v) is 4.17.